The second-order valence-corrected chi connectivity index (χ2v) is 4.79. The van der Waals surface area contributed by atoms with E-state index in [0.29, 0.717) is 6.04 Å². The number of nitrogens with one attached hydrogen (secondary N) is 1. The fraction of sp³-hybridized carbons (Fsp3) is 0.750. The molecule has 1 aromatic rings. The second kappa shape index (κ2) is 4.97. The first kappa shape index (κ1) is 11.6. The van der Waals surface area contributed by atoms with Gasteiger partial charge in [0, 0.05) is 37.4 Å². The van der Waals surface area contributed by atoms with Crippen LogP contribution in [0.1, 0.15) is 24.1 Å². The van der Waals surface area contributed by atoms with Crippen molar-refractivity contribution in [3.8, 4) is 0 Å². The maximum absolute atomic E-state index is 4.29. The van der Waals surface area contributed by atoms with E-state index in [-0.39, 0.29) is 0 Å². The average Bonchev–Trinajstić information content (AvgIpc) is 2.62. The van der Waals surface area contributed by atoms with Gasteiger partial charge in [0.2, 0.25) is 0 Å². The zero-order valence-electron chi connectivity index (χ0n) is 10.5. The van der Waals surface area contributed by atoms with Crippen LogP contribution >= 0.6 is 0 Å². The normalized spacial score (nSPS) is 21.6. The smallest absolute Gasteiger partial charge is 0.0537 e. The van der Waals surface area contributed by atoms with E-state index in [9.17, 15) is 0 Å². The summed E-state index contributed by atoms with van der Waals surface area (Å²) in [5, 5.41) is 7.75. The fourth-order valence-electron chi connectivity index (χ4n) is 2.31. The third kappa shape index (κ3) is 2.44. The summed E-state index contributed by atoms with van der Waals surface area (Å²) in [6.45, 7) is 5.44. The van der Waals surface area contributed by atoms with Crippen molar-refractivity contribution in [2.24, 2.45) is 7.05 Å². The molecule has 4 heteroatoms. The summed E-state index contributed by atoms with van der Waals surface area (Å²) in [4.78, 5) is 2.44. The van der Waals surface area contributed by atoms with Crippen molar-refractivity contribution < 1.29 is 0 Å². The minimum atomic E-state index is 0.674. The van der Waals surface area contributed by atoms with Crippen LogP contribution in [-0.2, 0) is 13.6 Å². The predicted octanol–water partition coefficient (Wildman–Crippen LogP) is 0.912. The Labute approximate surface area is 97.6 Å². The lowest BCUT2D eigenvalue weighted by Crippen LogP contribution is -2.43. The average molecular weight is 222 g/mol. The Morgan fingerprint density at radius 1 is 1.62 bits per heavy atom. The molecule has 4 nitrogen and oxygen atoms in total. The summed E-state index contributed by atoms with van der Waals surface area (Å²) < 4.78 is 1.95. The Kier molecular flexibility index (Phi) is 3.61. The Balaban J connectivity index is 1.95. The van der Waals surface area contributed by atoms with Gasteiger partial charge < -0.3 is 5.32 Å². The molecule has 1 aliphatic heterocycles. The summed E-state index contributed by atoms with van der Waals surface area (Å²) >= 11 is 0. The van der Waals surface area contributed by atoms with Crippen molar-refractivity contribution in [3.63, 3.8) is 0 Å². The van der Waals surface area contributed by atoms with Crippen molar-refractivity contribution >= 4 is 0 Å². The SMILES string of the molecule is Cc1c(CN(C)C2CCCNC2)cnn1C. The van der Waals surface area contributed by atoms with Gasteiger partial charge in [-0.3, -0.25) is 9.58 Å². The Hall–Kier alpha value is -0.870. The maximum atomic E-state index is 4.29. The standard InChI is InChI=1S/C12H22N4/c1-10-11(7-14-16(10)3)9-15(2)12-5-4-6-13-8-12/h7,12-13H,4-6,8-9H2,1-3H3. The molecule has 0 radical (unpaired) electrons. The molecular weight excluding hydrogens is 200 g/mol. The number of nitrogens with zero attached hydrogens (tertiary/aromatic N) is 3. The summed E-state index contributed by atoms with van der Waals surface area (Å²) in [5.74, 6) is 0. The van der Waals surface area contributed by atoms with E-state index in [1.165, 1.54) is 30.6 Å². The van der Waals surface area contributed by atoms with E-state index in [1.54, 1.807) is 0 Å². The molecule has 0 bridgehead atoms. The van der Waals surface area contributed by atoms with Crippen molar-refractivity contribution in [1.82, 2.24) is 20.0 Å². The van der Waals surface area contributed by atoms with Crippen LogP contribution in [0.5, 0.6) is 0 Å². The van der Waals surface area contributed by atoms with Crippen molar-refractivity contribution in [3.05, 3.63) is 17.5 Å². The number of piperidine rings is 1. The molecule has 2 rings (SSSR count). The van der Waals surface area contributed by atoms with Gasteiger partial charge in [0.25, 0.3) is 0 Å². The molecule has 0 aliphatic carbocycles. The third-order valence-corrected chi connectivity index (χ3v) is 3.65. The summed E-state index contributed by atoms with van der Waals surface area (Å²) in [7, 11) is 4.21. The van der Waals surface area contributed by atoms with E-state index < -0.39 is 0 Å². The molecular formula is C12H22N4. The monoisotopic (exact) mass is 222 g/mol. The highest BCUT2D eigenvalue weighted by atomic mass is 15.3. The molecule has 2 heterocycles. The first-order valence-corrected chi connectivity index (χ1v) is 6.07. The molecule has 90 valence electrons. The highest BCUT2D eigenvalue weighted by Crippen LogP contribution is 2.14. The van der Waals surface area contributed by atoms with Crippen molar-refractivity contribution in [2.75, 3.05) is 20.1 Å². The quantitative estimate of drug-likeness (QED) is 0.825. The fourth-order valence-corrected chi connectivity index (χ4v) is 2.31. The summed E-state index contributed by atoms with van der Waals surface area (Å²) in [6, 6.07) is 0.674. The Morgan fingerprint density at radius 3 is 3.00 bits per heavy atom. The molecule has 1 saturated heterocycles. The van der Waals surface area contributed by atoms with Crippen LogP contribution in [0.25, 0.3) is 0 Å². The highest BCUT2D eigenvalue weighted by molar-refractivity contribution is 5.15. The lowest BCUT2D eigenvalue weighted by molar-refractivity contribution is 0.195. The van der Waals surface area contributed by atoms with Gasteiger partial charge in [-0.2, -0.15) is 5.10 Å². The number of hydrogen-bond donors (Lipinski definition) is 1. The molecule has 1 atom stereocenters. The van der Waals surface area contributed by atoms with Crippen LogP contribution in [0, 0.1) is 6.92 Å². The van der Waals surface area contributed by atoms with Gasteiger partial charge in [-0.05, 0) is 33.4 Å². The largest absolute Gasteiger partial charge is 0.315 e. The van der Waals surface area contributed by atoms with Crippen LogP contribution in [-0.4, -0.2) is 40.9 Å². The number of likely N-dealkylation sites (N-methyl/N-ethyl adjacent to an activating group) is 1. The molecule has 0 aromatic carbocycles. The van der Waals surface area contributed by atoms with Crippen LogP contribution in [0.4, 0.5) is 0 Å². The number of aromatic nitrogens is 2. The number of hydrogen-bond acceptors (Lipinski definition) is 3. The third-order valence-electron chi connectivity index (χ3n) is 3.65. The van der Waals surface area contributed by atoms with E-state index >= 15 is 0 Å². The topological polar surface area (TPSA) is 33.1 Å². The first-order chi connectivity index (χ1) is 7.68. The molecule has 0 saturated carbocycles. The zero-order chi connectivity index (χ0) is 11.5. The Morgan fingerprint density at radius 2 is 2.44 bits per heavy atom. The maximum Gasteiger partial charge on any atom is 0.0537 e. The van der Waals surface area contributed by atoms with E-state index in [2.05, 4.69) is 29.3 Å². The molecule has 1 aromatic heterocycles. The zero-order valence-corrected chi connectivity index (χ0v) is 10.5. The van der Waals surface area contributed by atoms with Gasteiger partial charge in [-0.1, -0.05) is 0 Å². The minimum absolute atomic E-state index is 0.674. The molecule has 16 heavy (non-hydrogen) atoms. The van der Waals surface area contributed by atoms with Gasteiger partial charge in [-0.15, -0.1) is 0 Å². The highest BCUT2D eigenvalue weighted by Gasteiger charge is 2.18. The van der Waals surface area contributed by atoms with Crippen LogP contribution in [0.3, 0.4) is 0 Å². The number of aryl methyl sites for hydroxylation is 1. The lowest BCUT2D eigenvalue weighted by Gasteiger charge is -2.31. The second-order valence-electron chi connectivity index (χ2n) is 4.79. The number of rotatable bonds is 3. The first-order valence-electron chi connectivity index (χ1n) is 6.07. The summed E-state index contributed by atoms with van der Waals surface area (Å²) in [5.41, 5.74) is 2.62. The van der Waals surface area contributed by atoms with E-state index in [0.717, 1.165) is 13.1 Å². The van der Waals surface area contributed by atoms with E-state index in [4.69, 9.17) is 0 Å². The Bertz CT molecular complexity index is 339. The molecule has 1 aliphatic rings. The van der Waals surface area contributed by atoms with Crippen LogP contribution in [0.15, 0.2) is 6.20 Å². The van der Waals surface area contributed by atoms with Crippen LogP contribution in [0.2, 0.25) is 0 Å². The van der Waals surface area contributed by atoms with Crippen molar-refractivity contribution in [1.29, 1.82) is 0 Å². The summed E-state index contributed by atoms with van der Waals surface area (Å²) in [6.07, 6.45) is 4.59. The van der Waals surface area contributed by atoms with Crippen LogP contribution < -0.4 is 5.32 Å². The molecule has 1 fully saturated rings. The predicted molar refractivity (Wildman–Crippen MR) is 65.3 cm³/mol. The molecule has 0 amide bonds. The van der Waals surface area contributed by atoms with Gasteiger partial charge in [-0.25, -0.2) is 0 Å². The van der Waals surface area contributed by atoms with Crippen molar-refractivity contribution in [2.45, 2.75) is 32.4 Å². The van der Waals surface area contributed by atoms with Gasteiger partial charge in [0.05, 0.1) is 6.20 Å². The molecule has 1 unspecified atom stereocenters. The molecule has 1 N–H and O–H groups in total. The minimum Gasteiger partial charge on any atom is -0.315 e. The lowest BCUT2D eigenvalue weighted by atomic mass is 10.1. The molecule has 0 spiro atoms. The van der Waals surface area contributed by atoms with Gasteiger partial charge in [0.15, 0.2) is 0 Å². The van der Waals surface area contributed by atoms with E-state index in [1.807, 2.05) is 17.9 Å². The van der Waals surface area contributed by atoms with Gasteiger partial charge in [0.1, 0.15) is 0 Å². The van der Waals surface area contributed by atoms with Gasteiger partial charge >= 0.3 is 0 Å².